The molecule has 0 amide bonds. The van der Waals surface area contributed by atoms with Gasteiger partial charge in [-0.3, -0.25) is 9.88 Å². The first-order chi connectivity index (χ1) is 14.3. The predicted molar refractivity (Wildman–Crippen MR) is 115 cm³/mol. The lowest BCUT2D eigenvalue weighted by molar-refractivity contribution is 0.249. The van der Waals surface area contributed by atoms with Crippen LogP contribution in [0.4, 0.5) is 5.82 Å². The normalized spacial score (nSPS) is 15.1. The molecule has 6 nitrogen and oxygen atoms in total. The minimum Gasteiger partial charge on any atom is -0.353 e. The van der Waals surface area contributed by atoms with Gasteiger partial charge in [-0.05, 0) is 30.7 Å². The monoisotopic (exact) mass is 384 g/mol. The number of pyridine rings is 1. The van der Waals surface area contributed by atoms with E-state index in [0.29, 0.717) is 0 Å². The van der Waals surface area contributed by atoms with E-state index in [0.717, 1.165) is 61.1 Å². The second-order valence-corrected chi connectivity index (χ2v) is 7.50. The fourth-order valence-electron chi connectivity index (χ4n) is 3.96. The highest BCUT2D eigenvalue weighted by atomic mass is 15.4. The maximum atomic E-state index is 4.91. The second kappa shape index (κ2) is 7.64. The van der Waals surface area contributed by atoms with E-state index in [1.54, 1.807) is 0 Å². The number of anilines is 1. The van der Waals surface area contributed by atoms with Crippen LogP contribution in [0.5, 0.6) is 0 Å². The minimum atomic E-state index is 0.889. The number of nitrogens with zero attached hydrogens (tertiary/aromatic N) is 6. The molecule has 6 heteroatoms. The van der Waals surface area contributed by atoms with Crippen molar-refractivity contribution in [2.24, 2.45) is 0 Å². The highest BCUT2D eigenvalue weighted by molar-refractivity contribution is 5.66. The summed E-state index contributed by atoms with van der Waals surface area (Å²) in [5, 5.41) is 4.91. The van der Waals surface area contributed by atoms with Crippen LogP contribution in [0.25, 0.3) is 16.9 Å². The molecule has 146 valence electrons. The molecular weight excluding hydrogens is 360 g/mol. The van der Waals surface area contributed by atoms with Crippen molar-refractivity contribution < 1.29 is 0 Å². The summed E-state index contributed by atoms with van der Waals surface area (Å²) < 4.78 is 1.97. The molecule has 1 fully saturated rings. The summed E-state index contributed by atoms with van der Waals surface area (Å²) in [6, 6.07) is 18.6. The molecular formula is C23H24N6. The van der Waals surface area contributed by atoms with E-state index < -0.39 is 0 Å². The van der Waals surface area contributed by atoms with Crippen molar-refractivity contribution in [3.8, 4) is 11.3 Å². The average molecular weight is 384 g/mol. The van der Waals surface area contributed by atoms with E-state index in [1.165, 1.54) is 5.56 Å². The molecule has 0 saturated carbocycles. The summed E-state index contributed by atoms with van der Waals surface area (Å²) >= 11 is 0. The SMILES string of the molecule is Cc1c(-c2ccccc2)nc2ccc(N3CCN(Cc4cccnc4)CC3)nn12. The summed E-state index contributed by atoms with van der Waals surface area (Å²) in [4.78, 5) is 13.8. The Morgan fingerprint density at radius 2 is 1.72 bits per heavy atom. The number of fused-ring (bicyclic) bond motifs is 1. The standard InChI is InChI=1S/C23H24N6/c1-18-23(20-7-3-2-4-8-20)25-21-9-10-22(26-29(18)21)28-14-12-27(13-15-28)17-19-6-5-11-24-16-19/h2-11,16H,12-15,17H2,1H3. The summed E-state index contributed by atoms with van der Waals surface area (Å²) in [6.07, 6.45) is 3.78. The topological polar surface area (TPSA) is 49.6 Å². The van der Waals surface area contributed by atoms with Crippen molar-refractivity contribution >= 4 is 11.5 Å². The Kier molecular flexibility index (Phi) is 4.69. The Hall–Kier alpha value is -3.25. The van der Waals surface area contributed by atoms with Crippen molar-refractivity contribution in [1.29, 1.82) is 0 Å². The molecule has 4 aromatic rings. The number of piperazine rings is 1. The van der Waals surface area contributed by atoms with Gasteiger partial charge >= 0.3 is 0 Å². The quantitative estimate of drug-likeness (QED) is 0.540. The first-order valence-corrected chi connectivity index (χ1v) is 10.1. The second-order valence-electron chi connectivity index (χ2n) is 7.50. The van der Waals surface area contributed by atoms with E-state index in [-0.39, 0.29) is 0 Å². The Balaban J connectivity index is 1.33. The van der Waals surface area contributed by atoms with Crippen molar-refractivity contribution in [3.63, 3.8) is 0 Å². The zero-order valence-corrected chi connectivity index (χ0v) is 16.6. The zero-order chi connectivity index (χ0) is 19.6. The summed E-state index contributed by atoms with van der Waals surface area (Å²) in [7, 11) is 0. The largest absolute Gasteiger partial charge is 0.353 e. The van der Waals surface area contributed by atoms with E-state index >= 15 is 0 Å². The minimum absolute atomic E-state index is 0.889. The summed E-state index contributed by atoms with van der Waals surface area (Å²) in [6.45, 7) is 7.02. The van der Waals surface area contributed by atoms with Gasteiger partial charge < -0.3 is 4.90 Å². The molecule has 0 aliphatic carbocycles. The van der Waals surface area contributed by atoms with Crippen LogP contribution in [-0.4, -0.2) is 50.7 Å². The molecule has 29 heavy (non-hydrogen) atoms. The van der Waals surface area contributed by atoms with Crippen LogP contribution in [-0.2, 0) is 6.54 Å². The van der Waals surface area contributed by atoms with Crippen molar-refractivity contribution in [2.75, 3.05) is 31.1 Å². The van der Waals surface area contributed by atoms with Crippen LogP contribution in [0, 0.1) is 6.92 Å². The Morgan fingerprint density at radius 1 is 0.897 bits per heavy atom. The van der Waals surface area contributed by atoms with Crippen LogP contribution in [0.3, 0.4) is 0 Å². The lowest BCUT2D eigenvalue weighted by atomic mass is 10.1. The van der Waals surface area contributed by atoms with Gasteiger partial charge in [0.1, 0.15) is 5.82 Å². The van der Waals surface area contributed by atoms with E-state index in [1.807, 2.05) is 41.2 Å². The molecule has 0 radical (unpaired) electrons. The third kappa shape index (κ3) is 3.59. The molecule has 5 rings (SSSR count). The average Bonchev–Trinajstić information content (AvgIpc) is 3.12. The first kappa shape index (κ1) is 17.8. The lowest BCUT2D eigenvalue weighted by Crippen LogP contribution is -2.46. The van der Waals surface area contributed by atoms with Gasteiger partial charge in [-0.2, -0.15) is 0 Å². The Morgan fingerprint density at radius 3 is 2.48 bits per heavy atom. The number of rotatable bonds is 4. The van der Waals surface area contributed by atoms with Crippen LogP contribution < -0.4 is 4.90 Å². The van der Waals surface area contributed by atoms with Crippen molar-refractivity contribution in [2.45, 2.75) is 13.5 Å². The highest BCUT2D eigenvalue weighted by Gasteiger charge is 2.19. The number of hydrogen-bond acceptors (Lipinski definition) is 5. The lowest BCUT2D eigenvalue weighted by Gasteiger charge is -2.35. The molecule has 3 aromatic heterocycles. The maximum absolute atomic E-state index is 4.91. The highest BCUT2D eigenvalue weighted by Crippen LogP contribution is 2.24. The van der Waals surface area contributed by atoms with Gasteiger partial charge in [0.05, 0.1) is 11.4 Å². The van der Waals surface area contributed by atoms with Crippen molar-refractivity contribution in [3.05, 3.63) is 78.2 Å². The van der Waals surface area contributed by atoms with Crippen LogP contribution >= 0.6 is 0 Å². The number of imidazole rings is 1. The smallest absolute Gasteiger partial charge is 0.154 e. The molecule has 0 spiro atoms. The van der Waals surface area contributed by atoms with Crippen LogP contribution in [0.2, 0.25) is 0 Å². The predicted octanol–water partition coefficient (Wildman–Crippen LogP) is 3.42. The van der Waals surface area contributed by atoms with Gasteiger partial charge in [-0.15, -0.1) is 5.10 Å². The number of benzene rings is 1. The summed E-state index contributed by atoms with van der Waals surface area (Å²) in [5.41, 5.74) is 5.35. The van der Waals surface area contributed by atoms with Gasteiger partial charge in [-0.1, -0.05) is 36.4 Å². The third-order valence-corrected chi connectivity index (χ3v) is 5.56. The number of aromatic nitrogens is 4. The van der Waals surface area contributed by atoms with Gasteiger partial charge in [0.15, 0.2) is 5.65 Å². The molecule has 4 heterocycles. The van der Waals surface area contributed by atoms with Crippen molar-refractivity contribution in [1.82, 2.24) is 24.5 Å². The molecule has 0 bridgehead atoms. The van der Waals surface area contributed by atoms with E-state index in [9.17, 15) is 0 Å². The molecule has 0 N–H and O–H groups in total. The van der Waals surface area contributed by atoms with E-state index in [4.69, 9.17) is 10.1 Å². The molecule has 1 aromatic carbocycles. The van der Waals surface area contributed by atoms with Gasteiger partial charge in [-0.25, -0.2) is 9.50 Å². The van der Waals surface area contributed by atoms with Crippen LogP contribution in [0.15, 0.2) is 67.0 Å². The Bertz CT molecular complexity index is 1100. The zero-order valence-electron chi connectivity index (χ0n) is 16.6. The molecule has 1 aliphatic heterocycles. The fourth-order valence-corrected chi connectivity index (χ4v) is 3.96. The molecule has 0 atom stereocenters. The van der Waals surface area contributed by atoms with Gasteiger partial charge in [0.2, 0.25) is 0 Å². The number of hydrogen-bond donors (Lipinski definition) is 0. The first-order valence-electron chi connectivity index (χ1n) is 10.1. The maximum Gasteiger partial charge on any atom is 0.154 e. The van der Waals surface area contributed by atoms with Gasteiger partial charge in [0, 0.05) is 50.7 Å². The van der Waals surface area contributed by atoms with E-state index in [2.05, 4.69) is 52.0 Å². The summed E-state index contributed by atoms with van der Waals surface area (Å²) in [5.74, 6) is 1.01. The van der Waals surface area contributed by atoms with Gasteiger partial charge in [0.25, 0.3) is 0 Å². The van der Waals surface area contributed by atoms with Crippen LogP contribution in [0.1, 0.15) is 11.3 Å². The number of aryl methyl sites for hydroxylation is 1. The molecule has 1 saturated heterocycles. The molecule has 1 aliphatic rings. The Labute approximate surface area is 170 Å². The fraction of sp³-hybridized carbons (Fsp3) is 0.261. The third-order valence-electron chi connectivity index (χ3n) is 5.56. The molecule has 0 unspecified atom stereocenters.